The second kappa shape index (κ2) is 3.95. The zero-order valence-electron chi connectivity index (χ0n) is 8.27. The van der Waals surface area contributed by atoms with Gasteiger partial charge in [0, 0.05) is 10.9 Å². The van der Waals surface area contributed by atoms with Crippen LogP contribution in [0.15, 0.2) is 17.5 Å². The Morgan fingerprint density at radius 2 is 2.36 bits per heavy atom. The summed E-state index contributed by atoms with van der Waals surface area (Å²) in [5.41, 5.74) is 0. The van der Waals surface area contributed by atoms with Gasteiger partial charge in [0.1, 0.15) is 5.37 Å². The van der Waals surface area contributed by atoms with Crippen molar-refractivity contribution in [3.63, 3.8) is 0 Å². The molecule has 1 saturated heterocycles. The molecule has 1 aromatic heterocycles. The quantitative estimate of drug-likeness (QED) is 0.774. The van der Waals surface area contributed by atoms with E-state index in [9.17, 15) is 4.79 Å². The predicted octanol–water partition coefficient (Wildman–Crippen LogP) is 2.73. The average molecular weight is 227 g/mol. The van der Waals surface area contributed by atoms with Crippen molar-refractivity contribution in [2.75, 3.05) is 5.75 Å². The number of nitrogens with zero attached hydrogens (tertiary/aromatic N) is 1. The summed E-state index contributed by atoms with van der Waals surface area (Å²) in [6.07, 6.45) is 0. The molecule has 76 valence electrons. The summed E-state index contributed by atoms with van der Waals surface area (Å²) in [6.45, 7) is 4.15. The molecule has 0 radical (unpaired) electrons. The van der Waals surface area contributed by atoms with E-state index in [4.69, 9.17) is 0 Å². The van der Waals surface area contributed by atoms with Crippen molar-refractivity contribution in [3.05, 3.63) is 22.4 Å². The molecule has 0 spiro atoms. The van der Waals surface area contributed by atoms with Gasteiger partial charge in [0.25, 0.3) is 0 Å². The number of thioether (sulfide) groups is 1. The molecule has 0 aromatic carbocycles. The molecule has 0 N–H and O–H groups in total. The second-order valence-electron chi connectivity index (χ2n) is 3.57. The number of amides is 1. The maximum absolute atomic E-state index is 11.6. The maximum atomic E-state index is 11.6. The van der Waals surface area contributed by atoms with Gasteiger partial charge in [-0.15, -0.1) is 23.1 Å². The molecule has 4 heteroatoms. The highest BCUT2D eigenvalue weighted by atomic mass is 32.2. The monoisotopic (exact) mass is 227 g/mol. The summed E-state index contributed by atoms with van der Waals surface area (Å²) in [4.78, 5) is 14.9. The van der Waals surface area contributed by atoms with Crippen molar-refractivity contribution in [3.8, 4) is 0 Å². The van der Waals surface area contributed by atoms with Crippen molar-refractivity contribution < 1.29 is 4.79 Å². The molecule has 2 heterocycles. The number of hydrogen-bond donors (Lipinski definition) is 0. The lowest BCUT2D eigenvalue weighted by atomic mass is 10.3. The van der Waals surface area contributed by atoms with Crippen LogP contribution in [0.4, 0.5) is 0 Å². The van der Waals surface area contributed by atoms with Crippen LogP contribution >= 0.6 is 23.1 Å². The van der Waals surface area contributed by atoms with E-state index < -0.39 is 0 Å². The standard InChI is InChI=1S/C10H13NOS2/c1-7(2)11-9(12)6-14-10(11)8-4-3-5-13-8/h3-5,7,10H,6H2,1-2H3. The number of thiophene rings is 1. The van der Waals surface area contributed by atoms with Gasteiger partial charge in [-0.1, -0.05) is 6.07 Å². The molecule has 0 aliphatic carbocycles. The molecule has 1 aromatic rings. The third kappa shape index (κ3) is 1.68. The molecule has 1 atom stereocenters. The van der Waals surface area contributed by atoms with Crippen LogP contribution in [0.5, 0.6) is 0 Å². The summed E-state index contributed by atoms with van der Waals surface area (Å²) in [5, 5.41) is 2.32. The van der Waals surface area contributed by atoms with E-state index in [1.54, 1.807) is 23.1 Å². The lowest BCUT2D eigenvalue weighted by molar-refractivity contribution is -0.129. The van der Waals surface area contributed by atoms with E-state index in [1.807, 2.05) is 11.0 Å². The SMILES string of the molecule is CC(C)N1C(=O)CSC1c1cccs1. The number of carbonyl (C=O) groups is 1. The Morgan fingerprint density at radius 3 is 2.93 bits per heavy atom. The molecule has 1 amide bonds. The van der Waals surface area contributed by atoms with Gasteiger partial charge in [0.15, 0.2) is 0 Å². The van der Waals surface area contributed by atoms with Gasteiger partial charge < -0.3 is 4.90 Å². The minimum atomic E-state index is 0.252. The molecular formula is C10H13NOS2. The molecule has 2 nitrogen and oxygen atoms in total. The third-order valence-corrected chi connectivity index (χ3v) is 4.53. The Bertz CT molecular complexity index is 321. The Balaban J connectivity index is 2.24. The fourth-order valence-corrected chi connectivity index (χ4v) is 3.93. The topological polar surface area (TPSA) is 20.3 Å². The Morgan fingerprint density at radius 1 is 1.57 bits per heavy atom. The smallest absolute Gasteiger partial charge is 0.234 e. The van der Waals surface area contributed by atoms with Gasteiger partial charge >= 0.3 is 0 Å². The Labute approximate surface area is 92.3 Å². The first-order valence-electron chi connectivity index (χ1n) is 4.66. The first-order valence-corrected chi connectivity index (χ1v) is 6.59. The number of rotatable bonds is 2. The Kier molecular flexibility index (Phi) is 2.83. The third-order valence-electron chi connectivity index (χ3n) is 2.25. The fraction of sp³-hybridized carbons (Fsp3) is 0.500. The molecular weight excluding hydrogens is 214 g/mol. The molecule has 0 saturated carbocycles. The van der Waals surface area contributed by atoms with Crippen molar-refractivity contribution >= 4 is 29.0 Å². The van der Waals surface area contributed by atoms with Gasteiger partial charge in [-0.25, -0.2) is 0 Å². The van der Waals surface area contributed by atoms with Crippen LogP contribution in [0.25, 0.3) is 0 Å². The minimum Gasteiger partial charge on any atom is -0.323 e. The van der Waals surface area contributed by atoms with Crippen LogP contribution in [-0.4, -0.2) is 22.6 Å². The molecule has 14 heavy (non-hydrogen) atoms. The largest absolute Gasteiger partial charge is 0.323 e. The Hall–Kier alpha value is -0.480. The van der Waals surface area contributed by atoms with Crippen molar-refractivity contribution in [2.45, 2.75) is 25.3 Å². The summed E-state index contributed by atoms with van der Waals surface area (Å²) in [7, 11) is 0. The molecule has 1 aliphatic rings. The van der Waals surface area contributed by atoms with E-state index in [0.29, 0.717) is 11.8 Å². The zero-order valence-corrected chi connectivity index (χ0v) is 9.90. The number of carbonyl (C=O) groups excluding carboxylic acids is 1. The van der Waals surface area contributed by atoms with Crippen LogP contribution in [-0.2, 0) is 4.79 Å². The van der Waals surface area contributed by atoms with Crippen LogP contribution in [0, 0.1) is 0 Å². The number of hydrogen-bond acceptors (Lipinski definition) is 3. The van der Waals surface area contributed by atoms with Crippen molar-refractivity contribution in [1.29, 1.82) is 0 Å². The van der Waals surface area contributed by atoms with Crippen LogP contribution in [0.1, 0.15) is 24.1 Å². The predicted molar refractivity (Wildman–Crippen MR) is 61.5 cm³/mol. The highest BCUT2D eigenvalue weighted by Crippen LogP contribution is 2.41. The summed E-state index contributed by atoms with van der Waals surface area (Å²) < 4.78 is 0. The fourth-order valence-electron chi connectivity index (χ4n) is 1.65. The molecule has 2 rings (SSSR count). The first kappa shape index (κ1) is 10.1. The highest BCUT2D eigenvalue weighted by Gasteiger charge is 2.34. The van der Waals surface area contributed by atoms with Gasteiger partial charge in [-0.05, 0) is 25.3 Å². The van der Waals surface area contributed by atoms with E-state index >= 15 is 0 Å². The van der Waals surface area contributed by atoms with Crippen LogP contribution in [0.2, 0.25) is 0 Å². The van der Waals surface area contributed by atoms with Gasteiger partial charge in [-0.2, -0.15) is 0 Å². The zero-order chi connectivity index (χ0) is 10.1. The van der Waals surface area contributed by atoms with Crippen molar-refractivity contribution in [1.82, 2.24) is 4.90 Å². The maximum Gasteiger partial charge on any atom is 0.234 e. The molecule has 1 fully saturated rings. The van der Waals surface area contributed by atoms with Crippen molar-refractivity contribution in [2.24, 2.45) is 0 Å². The summed E-state index contributed by atoms with van der Waals surface area (Å²) in [5.74, 6) is 0.893. The van der Waals surface area contributed by atoms with Crippen LogP contribution in [0.3, 0.4) is 0 Å². The average Bonchev–Trinajstić information content (AvgIpc) is 2.70. The van der Waals surface area contributed by atoms with E-state index in [1.165, 1.54) is 4.88 Å². The van der Waals surface area contributed by atoms with Gasteiger partial charge in [0.05, 0.1) is 5.75 Å². The van der Waals surface area contributed by atoms with Gasteiger partial charge in [0.2, 0.25) is 5.91 Å². The summed E-state index contributed by atoms with van der Waals surface area (Å²) in [6, 6.07) is 4.45. The van der Waals surface area contributed by atoms with Crippen LogP contribution < -0.4 is 0 Å². The first-order chi connectivity index (χ1) is 6.70. The van der Waals surface area contributed by atoms with E-state index in [2.05, 4.69) is 25.3 Å². The lowest BCUT2D eigenvalue weighted by Gasteiger charge is -2.26. The molecule has 1 unspecified atom stereocenters. The van der Waals surface area contributed by atoms with E-state index in [0.717, 1.165) is 0 Å². The minimum absolute atomic E-state index is 0.252. The van der Waals surface area contributed by atoms with Gasteiger partial charge in [-0.3, -0.25) is 4.79 Å². The lowest BCUT2D eigenvalue weighted by Crippen LogP contribution is -2.34. The normalized spacial score (nSPS) is 22.4. The summed E-state index contributed by atoms with van der Waals surface area (Å²) >= 11 is 3.46. The second-order valence-corrected chi connectivity index (χ2v) is 5.62. The molecule has 0 bridgehead atoms. The highest BCUT2D eigenvalue weighted by molar-refractivity contribution is 8.00. The molecule has 1 aliphatic heterocycles. The van der Waals surface area contributed by atoms with E-state index in [-0.39, 0.29) is 11.3 Å².